The molecule has 0 bridgehead atoms. The van der Waals surface area contributed by atoms with E-state index in [9.17, 15) is 9.59 Å². The first-order chi connectivity index (χ1) is 7.45. The molecule has 90 valence electrons. The normalized spacial score (nSPS) is 21.4. The van der Waals surface area contributed by atoms with Gasteiger partial charge in [0, 0.05) is 11.8 Å². The van der Waals surface area contributed by atoms with E-state index in [-0.39, 0.29) is 23.8 Å². The minimum Gasteiger partial charge on any atom is -0.467 e. The molecule has 1 aliphatic heterocycles. The summed E-state index contributed by atoms with van der Waals surface area (Å²) in [4.78, 5) is 22.6. The van der Waals surface area contributed by atoms with E-state index < -0.39 is 6.04 Å². The molecule has 1 heterocycles. The van der Waals surface area contributed by atoms with Crippen molar-refractivity contribution in [2.24, 2.45) is 5.92 Å². The van der Waals surface area contributed by atoms with Crippen molar-refractivity contribution < 1.29 is 14.3 Å². The molecule has 1 amide bonds. The van der Waals surface area contributed by atoms with E-state index in [1.54, 1.807) is 0 Å². The summed E-state index contributed by atoms with van der Waals surface area (Å²) >= 11 is 0. The number of amides is 1. The highest BCUT2D eigenvalue weighted by Gasteiger charge is 2.27. The van der Waals surface area contributed by atoms with E-state index in [1.807, 2.05) is 20.8 Å². The number of methoxy groups -OCH3 is 1. The monoisotopic (exact) mass is 226 g/mol. The van der Waals surface area contributed by atoms with Gasteiger partial charge in [0.2, 0.25) is 5.91 Å². The Hall–Kier alpha value is -1.52. The van der Waals surface area contributed by atoms with Crippen LogP contribution in [0, 0.1) is 5.92 Å². The van der Waals surface area contributed by atoms with Gasteiger partial charge in [0.15, 0.2) is 0 Å². The van der Waals surface area contributed by atoms with Gasteiger partial charge in [-0.15, -0.1) is 0 Å². The summed E-state index contributed by atoms with van der Waals surface area (Å²) in [5.74, 6) is -0.360. The summed E-state index contributed by atoms with van der Waals surface area (Å²) in [6.45, 7) is 5.70. The lowest BCUT2D eigenvalue weighted by atomic mass is 10.0. The molecule has 2 atom stereocenters. The Morgan fingerprint density at radius 2 is 2.19 bits per heavy atom. The second-order valence-corrected chi connectivity index (χ2v) is 4.22. The quantitative estimate of drug-likeness (QED) is 0.671. The highest BCUT2D eigenvalue weighted by molar-refractivity contribution is 5.91. The molecule has 0 spiro atoms. The van der Waals surface area contributed by atoms with E-state index in [4.69, 9.17) is 4.74 Å². The number of rotatable bonds is 4. The van der Waals surface area contributed by atoms with E-state index >= 15 is 0 Å². The van der Waals surface area contributed by atoms with Gasteiger partial charge >= 0.3 is 5.97 Å². The molecular weight excluding hydrogens is 208 g/mol. The third kappa shape index (κ3) is 2.74. The van der Waals surface area contributed by atoms with Crippen LogP contribution in [-0.2, 0) is 14.3 Å². The Morgan fingerprint density at radius 3 is 2.56 bits per heavy atom. The summed E-state index contributed by atoms with van der Waals surface area (Å²) in [5, 5.41) is 5.77. The Bertz CT molecular complexity index is 323. The largest absolute Gasteiger partial charge is 0.467 e. The van der Waals surface area contributed by atoms with Crippen LogP contribution in [0.5, 0.6) is 0 Å². The molecule has 0 saturated carbocycles. The molecule has 0 saturated heterocycles. The topological polar surface area (TPSA) is 67.4 Å². The first-order valence-corrected chi connectivity index (χ1v) is 5.32. The number of esters is 1. The molecule has 1 aliphatic rings. The van der Waals surface area contributed by atoms with Crippen LogP contribution < -0.4 is 10.6 Å². The second kappa shape index (κ2) is 5.01. The Morgan fingerprint density at radius 1 is 1.56 bits per heavy atom. The van der Waals surface area contributed by atoms with Gasteiger partial charge in [-0.2, -0.15) is 0 Å². The van der Waals surface area contributed by atoms with Crippen LogP contribution >= 0.6 is 0 Å². The lowest BCUT2D eigenvalue weighted by Gasteiger charge is -2.23. The van der Waals surface area contributed by atoms with Crippen molar-refractivity contribution in [2.45, 2.75) is 32.9 Å². The van der Waals surface area contributed by atoms with Crippen LogP contribution in [-0.4, -0.2) is 31.1 Å². The predicted molar refractivity (Wildman–Crippen MR) is 59.5 cm³/mol. The highest BCUT2D eigenvalue weighted by atomic mass is 16.5. The molecular formula is C11H18N2O3. The Labute approximate surface area is 95.2 Å². The highest BCUT2D eigenvalue weighted by Crippen LogP contribution is 2.11. The zero-order chi connectivity index (χ0) is 12.3. The maximum absolute atomic E-state index is 11.5. The van der Waals surface area contributed by atoms with Crippen molar-refractivity contribution in [3.8, 4) is 0 Å². The summed E-state index contributed by atoms with van der Waals surface area (Å²) in [7, 11) is 1.36. The van der Waals surface area contributed by atoms with Crippen LogP contribution in [0.4, 0.5) is 0 Å². The van der Waals surface area contributed by atoms with Crippen molar-refractivity contribution in [3.05, 3.63) is 11.8 Å². The summed E-state index contributed by atoms with van der Waals surface area (Å²) in [6, 6.07) is -0.509. The second-order valence-electron chi connectivity index (χ2n) is 4.22. The van der Waals surface area contributed by atoms with Gasteiger partial charge in [-0.05, 0) is 12.8 Å². The molecule has 5 heteroatoms. The fourth-order valence-electron chi connectivity index (χ4n) is 1.57. The zero-order valence-corrected chi connectivity index (χ0v) is 10.0. The number of carbonyl (C=O) groups excluding carboxylic acids is 2. The van der Waals surface area contributed by atoms with Gasteiger partial charge in [0.25, 0.3) is 0 Å². The standard InChI is InChI=1S/C11H18N2O3/c1-6(2)10(11(15)16-4)13-8-5-9(14)12-7(8)3/h5-7,10,13H,1-4H3,(H,12,14)/t7-,10-/m0/s1. The third-order valence-corrected chi connectivity index (χ3v) is 2.56. The minimum atomic E-state index is -0.425. The Kier molecular flexibility index (Phi) is 3.93. The molecule has 16 heavy (non-hydrogen) atoms. The van der Waals surface area contributed by atoms with Crippen molar-refractivity contribution >= 4 is 11.9 Å². The predicted octanol–water partition coefficient (Wildman–Crippen LogP) is 0.176. The average Bonchev–Trinajstić information content (AvgIpc) is 2.52. The van der Waals surface area contributed by atoms with Crippen LogP contribution in [0.15, 0.2) is 11.8 Å². The van der Waals surface area contributed by atoms with Crippen LogP contribution in [0.1, 0.15) is 20.8 Å². The molecule has 0 aromatic heterocycles. The SMILES string of the molecule is COC(=O)[C@@H](NC1=CC(=O)N[C@H]1C)C(C)C. The zero-order valence-electron chi connectivity index (χ0n) is 10.0. The van der Waals surface area contributed by atoms with Gasteiger partial charge in [0.1, 0.15) is 6.04 Å². The molecule has 0 fully saturated rings. The summed E-state index contributed by atoms with van der Waals surface area (Å²) in [5.41, 5.74) is 0.731. The molecule has 0 radical (unpaired) electrons. The van der Waals surface area contributed by atoms with Crippen LogP contribution in [0.3, 0.4) is 0 Å². The van der Waals surface area contributed by atoms with E-state index in [0.29, 0.717) is 0 Å². The smallest absolute Gasteiger partial charge is 0.328 e. The van der Waals surface area contributed by atoms with Gasteiger partial charge in [-0.3, -0.25) is 4.79 Å². The maximum Gasteiger partial charge on any atom is 0.328 e. The lowest BCUT2D eigenvalue weighted by molar-refractivity contribution is -0.144. The van der Waals surface area contributed by atoms with Gasteiger partial charge in [0.05, 0.1) is 13.2 Å². The average molecular weight is 226 g/mol. The summed E-state index contributed by atoms with van der Waals surface area (Å²) < 4.78 is 4.71. The van der Waals surface area contributed by atoms with Crippen LogP contribution in [0.2, 0.25) is 0 Å². The third-order valence-electron chi connectivity index (χ3n) is 2.56. The number of carbonyl (C=O) groups is 2. The van der Waals surface area contributed by atoms with Crippen molar-refractivity contribution in [3.63, 3.8) is 0 Å². The number of hydrogen-bond acceptors (Lipinski definition) is 4. The fraction of sp³-hybridized carbons (Fsp3) is 0.636. The van der Waals surface area contributed by atoms with E-state index in [2.05, 4.69) is 10.6 Å². The molecule has 0 aromatic rings. The van der Waals surface area contributed by atoms with Gasteiger partial charge < -0.3 is 15.4 Å². The maximum atomic E-state index is 11.5. The number of hydrogen-bond donors (Lipinski definition) is 2. The molecule has 0 aromatic carbocycles. The molecule has 5 nitrogen and oxygen atoms in total. The van der Waals surface area contributed by atoms with Crippen molar-refractivity contribution in [2.75, 3.05) is 7.11 Å². The van der Waals surface area contributed by atoms with Gasteiger partial charge in [-0.25, -0.2) is 4.79 Å². The minimum absolute atomic E-state index is 0.0848. The lowest BCUT2D eigenvalue weighted by Crippen LogP contribution is -2.43. The Balaban J connectivity index is 2.73. The number of nitrogens with one attached hydrogen (secondary N) is 2. The van der Waals surface area contributed by atoms with Crippen LogP contribution in [0.25, 0.3) is 0 Å². The first kappa shape index (κ1) is 12.5. The molecule has 0 unspecified atom stereocenters. The summed E-state index contributed by atoms with van der Waals surface area (Å²) in [6.07, 6.45) is 1.48. The first-order valence-electron chi connectivity index (χ1n) is 5.32. The fourth-order valence-corrected chi connectivity index (χ4v) is 1.57. The molecule has 1 rings (SSSR count). The molecule has 2 N–H and O–H groups in total. The molecule has 0 aliphatic carbocycles. The number of ether oxygens (including phenoxy) is 1. The van der Waals surface area contributed by atoms with E-state index in [0.717, 1.165) is 5.70 Å². The van der Waals surface area contributed by atoms with Crippen molar-refractivity contribution in [1.82, 2.24) is 10.6 Å². The van der Waals surface area contributed by atoms with Crippen molar-refractivity contribution in [1.29, 1.82) is 0 Å². The van der Waals surface area contributed by atoms with Gasteiger partial charge in [-0.1, -0.05) is 13.8 Å². The van der Waals surface area contributed by atoms with E-state index in [1.165, 1.54) is 13.2 Å².